The molecule has 2 N–H and O–H groups in total. The number of ether oxygens (including phenoxy) is 1. The molecule has 4 rings (SSSR count). The van der Waals surface area contributed by atoms with Gasteiger partial charge < -0.3 is 15.4 Å². The van der Waals surface area contributed by atoms with Gasteiger partial charge in [-0.3, -0.25) is 4.79 Å². The van der Waals surface area contributed by atoms with E-state index in [4.69, 9.17) is 4.74 Å². The quantitative estimate of drug-likeness (QED) is 0.775. The predicted octanol–water partition coefficient (Wildman–Crippen LogP) is 3.22. The van der Waals surface area contributed by atoms with Crippen LogP contribution in [0, 0.1) is 0 Å². The summed E-state index contributed by atoms with van der Waals surface area (Å²) in [5.74, 6) is 1.01. The van der Waals surface area contributed by atoms with Crippen LogP contribution in [0.3, 0.4) is 0 Å². The largest absolute Gasteiger partial charge is 0.482 e. The number of anilines is 3. The van der Waals surface area contributed by atoms with E-state index >= 15 is 0 Å². The number of hydrogen-bond acceptors (Lipinski definition) is 5. The van der Waals surface area contributed by atoms with Crippen molar-refractivity contribution in [2.75, 3.05) is 17.2 Å². The van der Waals surface area contributed by atoms with Gasteiger partial charge in [0.1, 0.15) is 5.75 Å². The van der Waals surface area contributed by atoms with Crippen molar-refractivity contribution < 1.29 is 9.53 Å². The van der Waals surface area contributed by atoms with Crippen LogP contribution in [0.25, 0.3) is 11.3 Å². The zero-order valence-electron chi connectivity index (χ0n) is 12.7. The summed E-state index contributed by atoms with van der Waals surface area (Å²) in [4.78, 5) is 20.2. The van der Waals surface area contributed by atoms with Crippen LogP contribution in [0.5, 0.6) is 5.75 Å². The minimum atomic E-state index is -0.159. The molecule has 2 heterocycles. The summed E-state index contributed by atoms with van der Waals surface area (Å²) in [5.41, 5.74) is 3.20. The number of para-hydroxylation sites is 1. The van der Waals surface area contributed by atoms with Gasteiger partial charge in [-0.25, -0.2) is 9.97 Å². The third kappa shape index (κ3) is 2.89. The number of amides is 1. The minimum Gasteiger partial charge on any atom is -0.482 e. The average Bonchev–Trinajstić information content (AvgIpc) is 2.62. The molecule has 1 aliphatic heterocycles. The fourth-order valence-corrected chi connectivity index (χ4v) is 2.47. The monoisotopic (exact) mass is 318 g/mol. The van der Waals surface area contributed by atoms with Crippen LogP contribution in [0.1, 0.15) is 0 Å². The van der Waals surface area contributed by atoms with E-state index in [0.29, 0.717) is 17.4 Å². The minimum absolute atomic E-state index is 0.0466. The highest BCUT2D eigenvalue weighted by Crippen LogP contribution is 2.32. The standard InChI is InChI=1S/C18H14N4O2/c23-17-11-24-16-7-6-12(10-15(16)21-17)14-8-9-19-18(22-14)20-13-4-2-1-3-5-13/h1-10H,11H2,(H,21,23)(H,19,20,22). The van der Waals surface area contributed by atoms with E-state index in [1.54, 1.807) is 6.20 Å². The molecule has 2 aromatic carbocycles. The van der Waals surface area contributed by atoms with Crippen molar-refractivity contribution in [3.63, 3.8) is 0 Å². The number of carbonyl (C=O) groups is 1. The van der Waals surface area contributed by atoms with Crippen LogP contribution >= 0.6 is 0 Å². The van der Waals surface area contributed by atoms with Crippen molar-refractivity contribution in [1.82, 2.24) is 9.97 Å². The van der Waals surface area contributed by atoms with Gasteiger partial charge in [0.2, 0.25) is 5.95 Å². The second-order valence-corrected chi connectivity index (χ2v) is 5.30. The first kappa shape index (κ1) is 14.2. The van der Waals surface area contributed by atoms with Gasteiger partial charge >= 0.3 is 0 Å². The Labute approximate surface area is 138 Å². The molecule has 6 nitrogen and oxygen atoms in total. The third-order valence-corrected chi connectivity index (χ3v) is 3.59. The molecule has 0 saturated heterocycles. The molecule has 0 unspecified atom stereocenters. The Morgan fingerprint density at radius 2 is 1.96 bits per heavy atom. The summed E-state index contributed by atoms with van der Waals surface area (Å²) in [6, 6.07) is 17.1. The molecular formula is C18H14N4O2. The molecule has 1 aromatic heterocycles. The smallest absolute Gasteiger partial charge is 0.262 e. The Balaban J connectivity index is 1.64. The van der Waals surface area contributed by atoms with Crippen LogP contribution in [0.4, 0.5) is 17.3 Å². The SMILES string of the molecule is O=C1COc2ccc(-c3ccnc(Nc4ccccc4)n3)cc2N1. The van der Waals surface area contributed by atoms with Crippen LogP contribution < -0.4 is 15.4 Å². The van der Waals surface area contributed by atoms with Gasteiger partial charge in [0, 0.05) is 17.4 Å². The van der Waals surface area contributed by atoms with Gasteiger partial charge in [0.15, 0.2) is 6.61 Å². The molecule has 0 atom stereocenters. The summed E-state index contributed by atoms with van der Waals surface area (Å²) < 4.78 is 5.37. The first-order valence-electron chi connectivity index (χ1n) is 7.50. The summed E-state index contributed by atoms with van der Waals surface area (Å²) in [7, 11) is 0. The van der Waals surface area contributed by atoms with Gasteiger partial charge in [0.05, 0.1) is 11.4 Å². The second kappa shape index (κ2) is 6.00. The zero-order valence-corrected chi connectivity index (χ0v) is 12.7. The van der Waals surface area contributed by atoms with Crippen LogP contribution in [-0.2, 0) is 4.79 Å². The average molecular weight is 318 g/mol. The normalized spacial score (nSPS) is 12.8. The molecule has 0 radical (unpaired) electrons. The molecule has 0 fully saturated rings. The number of aromatic nitrogens is 2. The summed E-state index contributed by atoms with van der Waals surface area (Å²) in [6.07, 6.45) is 1.70. The summed E-state index contributed by atoms with van der Waals surface area (Å²) >= 11 is 0. The lowest BCUT2D eigenvalue weighted by atomic mass is 10.1. The van der Waals surface area contributed by atoms with E-state index in [0.717, 1.165) is 16.9 Å². The fraction of sp³-hybridized carbons (Fsp3) is 0.0556. The maximum Gasteiger partial charge on any atom is 0.262 e. The van der Waals surface area contributed by atoms with Crippen molar-refractivity contribution >= 4 is 23.2 Å². The lowest BCUT2D eigenvalue weighted by molar-refractivity contribution is -0.118. The number of carbonyl (C=O) groups excluding carboxylic acids is 1. The maximum absolute atomic E-state index is 11.5. The van der Waals surface area contributed by atoms with Gasteiger partial charge in [0.25, 0.3) is 5.91 Å². The van der Waals surface area contributed by atoms with E-state index in [9.17, 15) is 4.79 Å². The first-order valence-corrected chi connectivity index (χ1v) is 7.50. The number of hydrogen-bond donors (Lipinski definition) is 2. The zero-order chi connectivity index (χ0) is 16.4. The second-order valence-electron chi connectivity index (χ2n) is 5.30. The highest BCUT2D eigenvalue weighted by atomic mass is 16.5. The van der Waals surface area contributed by atoms with Gasteiger partial charge in [-0.15, -0.1) is 0 Å². The molecule has 6 heteroatoms. The van der Waals surface area contributed by atoms with Crippen molar-refractivity contribution in [2.45, 2.75) is 0 Å². The van der Waals surface area contributed by atoms with Crippen molar-refractivity contribution in [2.24, 2.45) is 0 Å². The van der Waals surface area contributed by atoms with Crippen LogP contribution in [0.15, 0.2) is 60.8 Å². The van der Waals surface area contributed by atoms with E-state index < -0.39 is 0 Å². The van der Waals surface area contributed by atoms with Crippen molar-refractivity contribution in [3.8, 4) is 17.0 Å². The third-order valence-electron chi connectivity index (χ3n) is 3.59. The van der Waals surface area contributed by atoms with Gasteiger partial charge in [-0.05, 0) is 36.4 Å². The molecule has 24 heavy (non-hydrogen) atoms. The highest BCUT2D eigenvalue weighted by Gasteiger charge is 2.16. The Bertz CT molecular complexity index is 897. The van der Waals surface area contributed by atoms with E-state index in [1.807, 2.05) is 54.6 Å². The van der Waals surface area contributed by atoms with Gasteiger partial charge in [-0.2, -0.15) is 0 Å². The molecule has 0 spiro atoms. The molecule has 1 aliphatic rings. The number of fused-ring (bicyclic) bond motifs is 1. The number of nitrogens with zero attached hydrogens (tertiary/aromatic N) is 2. The number of rotatable bonds is 3. The highest BCUT2D eigenvalue weighted by molar-refractivity contribution is 5.96. The fourth-order valence-electron chi connectivity index (χ4n) is 2.47. The van der Waals surface area contributed by atoms with E-state index in [2.05, 4.69) is 20.6 Å². The Morgan fingerprint density at radius 1 is 1.08 bits per heavy atom. The topological polar surface area (TPSA) is 76.1 Å². The Kier molecular flexibility index (Phi) is 3.55. The first-order chi connectivity index (χ1) is 11.8. The lowest BCUT2D eigenvalue weighted by Crippen LogP contribution is -2.25. The Hall–Kier alpha value is -3.41. The predicted molar refractivity (Wildman–Crippen MR) is 91.3 cm³/mol. The van der Waals surface area contributed by atoms with Gasteiger partial charge in [-0.1, -0.05) is 18.2 Å². The molecule has 1 amide bonds. The maximum atomic E-state index is 11.5. The molecule has 0 saturated carbocycles. The van der Waals surface area contributed by atoms with E-state index in [-0.39, 0.29) is 12.5 Å². The number of benzene rings is 2. The van der Waals surface area contributed by atoms with Crippen molar-refractivity contribution in [1.29, 1.82) is 0 Å². The number of nitrogens with one attached hydrogen (secondary N) is 2. The van der Waals surface area contributed by atoms with Crippen LogP contribution in [0.2, 0.25) is 0 Å². The lowest BCUT2D eigenvalue weighted by Gasteiger charge is -2.18. The molecule has 3 aromatic rings. The molecule has 0 bridgehead atoms. The molecular weight excluding hydrogens is 304 g/mol. The summed E-state index contributed by atoms with van der Waals surface area (Å²) in [5, 5.41) is 5.97. The van der Waals surface area contributed by atoms with Crippen molar-refractivity contribution in [3.05, 3.63) is 60.8 Å². The summed E-state index contributed by atoms with van der Waals surface area (Å²) in [6.45, 7) is 0.0466. The molecule has 0 aliphatic carbocycles. The molecule has 118 valence electrons. The Morgan fingerprint density at radius 3 is 2.83 bits per heavy atom. The van der Waals surface area contributed by atoms with E-state index in [1.165, 1.54) is 0 Å². The van der Waals surface area contributed by atoms with Crippen LogP contribution in [-0.4, -0.2) is 22.5 Å².